The van der Waals surface area contributed by atoms with E-state index < -0.39 is 0 Å². The van der Waals surface area contributed by atoms with E-state index >= 15 is 0 Å². The average molecular weight is 341 g/mol. The topological polar surface area (TPSA) is 37.9 Å². The Labute approximate surface area is 142 Å². The number of benzene rings is 1. The normalized spacial score (nSPS) is 11.0. The largest absolute Gasteiger partial charge is 0.497 e. The third-order valence-corrected chi connectivity index (χ3v) is 5.08. The van der Waals surface area contributed by atoms with Gasteiger partial charge in [-0.1, -0.05) is 23.7 Å². The first-order valence-electron chi connectivity index (χ1n) is 7.12. The molecule has 0 aliphatic rings. The maximum Gasteiger partial charge on any atom is 0.138 e. The van der Waals surface area contributed by atoms with Crippen LogP contribution in [0.1, 0.15) is 0 Å². The smallest absolute Gasteiger partial charge is 0.138 e. The van der Waals surface area contributed by atoms with Gasteiger partial charge in [0.1, 0.15) is 11.4 Å². The third-order valence-electron chi connectivity index (χ3n) is 3.81. The van der Waals surface area contributed by atoms with Gasteiger partial charge in [0.25, 0.3) is 0 Å². The molecule has 114 valence electrons. The van der Waals surface area contributed by atoms with Crippen molar-refractivity contribution in [1.29, 1.82) is 0 Å². The van der Waals surface area contributed by atoms with Crippen molar-refractivity contribution in [3.05, 3.63) is 59.2 Å². The summed E-state index contributed by atoms with van der Waals surface area (Å²) in [6.45, 7) is 0. The molecule has 4 aromatic rings. The van der Waals surface area contributed by atoms with Gasteiger partial charge in [0, 0.05) is 33.8 Å². The summed E-state index contributed by atoms with van der Waals surface area (Å²) in [5, 5.41) is 1.11. The molecule has 4 rings (SSSR count). The number of pyridine rings is 1. The highest BCUT2D eigenvalue weighted by molar-refractivity contribution is 7.19. The molecule has 0 fully saturated rings. The van der Waals surface area contributed by atoms with E-state index in [2.05, 4.69) is 22.1 Å². The number of hydrogen-bond acceptors (Lipinski definition) is 3. The van der Waals surface area contributed by atoms with Crippen LogP contribution in [0, 0.1) is 0 Å². The lowest BCUT2D eigenvalue weighted by Crippen LogP contribution is -1.84. The first kappa shape index (κ1) is 14.3. The second-order valence-corrected chi connectivity index (χ2v) is 6.83. The third kappa shape index (κ3) is 2.50. The van der Waals surface area contributed by atoms with Gasteiger partial charge in [-0.3, -0.25) is 0 Å². The van der Waals surface area contributed by atoms with Crippen LogP contribution in [0.4, 0.5) is 0 Å². The molecule has 0 radical (unpaired) electrons. The summed E-state index contributed by atoms with van der Waals surface area (Å²) in [4.78, 5) is 8.84. The number of rotatable bonds is 3. The fraction of sp³-hybridized carbons (Fsp3) is 0.0556. The molecule has 1 aromatic carbocycles. The van der Waals surface area contributed by atoms with Crippen molar-refractivity contribution >= 4 is 34.0 Å². The van der Waals surface area contributed by atoms with Crippen LogP contribution in [0.5, 0.6) is 5.75 Å². The van der Waals surface area contributed by atoms with E-state index in [9.17, 15) is 0 Å². The molecule has 5 heteroatoms. The van der Waals surface area contributed by atoms with Crippen LogP contribution < -0.4 is 4.74 Å². The van der Waals surface area contributed by atoms with Gasteiger partial charge in [0.15, 0.2) is 0 Å². The van der Waals surface area contributed by atoms with Crippen molar-refractivity contribution in [2.75, 3.05) is 7.11 Å². The summed E-state index contributed by atoms with van der Waals surface area (Å²) in [6.07, 6.45) is 3.82. The zero-order valence-electron chi connectivity index (χ0n) is 12.3. The van der Waals surface area contributed by atoms with Crippen molar-refractivity contribution in [3.8, 4) is 27.3 Å². The fourth-order valence-corrected chi connectivity index (χ4v) is 3.79. The number of aromatic nitrogens is 2. The standard InChI is InChI=1S/C18H13ClN2OS/c1-22-12-4-2-11(3-5-12)14-10-21-18-17(14)13(8-9-20-18)15-6-7-16(19)23-15/h2-10H,1H3,(H,20,21). The minimum atomic E-state index is 0.784. The lowest BCUT2D eigenvalue weighted by molar-refractivity contribution is 0.415. The van der Waals surface area contributed by atoms with Gasteiger partial charge in [-0.15, -0.1) is 11.3 Å². The molecular weight excluding hydrogens is 328 g/mol. The second-order valence-electron chi connectivity index (χ2n) is 5.12. The van der Waals surface area contributed by atoms with Crippen molar-refractivity contribution in [1.82, 2.24) is 9.97 Å². The predicted octanol–water partition coefficient (Wildman–Crippen LogP) is 5.62. The molecule has 0 atom stereocenters. The zero-order chi connectivity index (χ0) is 15.8. The first-order valence-corrected chi connectivity index (χ1v) is 8.32. The molecule has 3 nitrogen and oxygen atoms in total. The van der Waals surface area contributed by atoms with Crippen LogP contribution in [0.25, 0.3) is 32.6 Å². The molecule has 3 heterocycles. The number of thiophene rings is 1. The highest BCUT2D eigenvalue weighted by Gasteiger charge is 2.14. The number of methoxy groups -OCH3 is 1. The van der Waals surface area contributed by atoms with Crippen LogP contribution >= 0.6 is 22.9 Å². The number of hydrogen-bond donors (Lipinski definition) is 1. The molecule has 0 aliphatic carbocycles. The lowest BCUT2D eigenvalue weighted by Gasteiger charge is -2.05. The van der Waals surface area contributed by atoms with Gasteiger partial charge in [-0.05, 0) is 35.9 Å². The number of nitrogens with zero attached hydrogens (tertiary/aromatic N) is 1. The number of aromatic amines is 1. The molecule has 0 saturated heterocycles. The summed E-state index contributed by atoms with van der Waals surface area (Å²) in [5.41, 5.74) is 4.25. The SMILES string of the molecule is COc1ccc(-c2c[nH]c3nccc(-c4ccc(Cl)s4)c23)cc1. The lowest BCUT2D eigenvalue weighted by atomic mass is 10.0. The van der Waals surface area contributed by atoms with Gasteiger partial charge >= 0.3 is 0 Å². The second kappa shape index (κ2) is 5.72. The summed E-state index contributed by atoms with van der Waals surface area (Å²) >= 11 is 7.68. The summed E-state index contributed by atoms with van der Waals surface area (Å²) in [7, 11) is 1.67. The number of halogens is 1. The molecule has 1 N–H and O–H groups in total. The van der Waals surface area contributed by atoms with Crippen LogP contribution in [0.2, 0.25) is 4.34 Å². The summed E-state index contributed by atoms with van der Waals surface area (Å²) < 4.78 is 6.02. The fourth-order valence-electron chi connectivity index (χ4n) is 2.72. The molecule has 0 bridgehead atoms. The van der Waals surface area contributed by atoms with Crippen LogP contribution in [-0.2, 0) is 0 Å². The van der Waals surface area contributed by atoms with E-state index in [1.807, 2.05) is 42.7 Å². The van der Waals surface area contributed by atoms with Gasteiger partial charge in [-0.25, -0.2) is 4.98 Å². The van der Waals surface area contributed by atoms with Gasteiger partial charge in [0.2, 0.25) is 0 Å². The number of ether oxygens (including phenoxy) is 1. The molecule has 0 amide bonds. The molecule has 0 saturated carbocycles. The maximum atomic E-state index is 6.11. The van der Waals surface area contributed by atoms with Crippen molar-refractivity contribution in [2.24, 2.45) is 0 Å². The predicted molar refractivity (Wildman–Crippen MR) is 96.4 cm³/mol. The molecule has 0 spiro atoms. The first-order chi connectivity index (χ1) is 11.3. The zero-order valence-corrected chi connectivity index (χ0v) is 13.9. The highest BCUT2D eigenvalue weighted by Crippen LogP contribution is 2.39. The Morgan fingerprint density at radius 2 is 1.87 bits per heavy atom. The van der Waals surface area contributed by atoms with Gasteiger partial charge in [-0.2, -0.15) is 0 Å². The molecule has 0 aliphatic heterocycles. The van der Waals surface area contributed by atoms with Crippen LogP contribution in [-0.4, -0.2) is 17.1 Å². The number of fused-ring (bicyclic) bond motifs is 1. The number of nitrogens with one attached hydrogen (secondary N) is 1. The average Bonchev–Trinajstić information content (AvgIpc) is 3.21. The van der Waals surface area contributed by atoms with E-state index in [1.165, 1.54) is 0 Å². The van der Waals surface area contributed by atoms with E-state index in [0.29, 0.717) is 0 Å². The Kier molecular flexibility index (Phi) is 3.56. The van der Waals surface area contributed by atoms with Crippen LogP contribution in [0.3, 0.4) is 0 Å². The van der Waals surface area contributed by atoms with Crippen molar-refractivity contribution in [3.63, 3.8) is 0 Å². The Morgan fingerprint density at radius 3 is 2.57 bits per heavy atom. The summed E-state index contributed by atoms with van der Waals surface area (Å²) in [6, 6.07) is 14.0. The minimum absolute atomic E-state index is 0.784. The Balaban J connectivity index is 1.93. The van der Waals surface area contributed by atoms with E-state index in [0.717, 1.165) is 42.7 Å². The Hall–Kier alpha value is -2.30. The summed E-state index contributed by atoms with van der Waals surface area (Å²) in [5.74, 6) is 0.844. The van der Waals surface area contributed by atoms with E-state index in [4.69, 9.17) is 16.3 Å². The van der Waals surface area contributed by atoms with E-state index in [1.54, 1.807) is 18.4 Å². The highest BCUT2D eigenvalue weighted by atomic mass is 35.5. The Bertz CT molecular complexity index is 972. The van der Waals surface area contributed by atoms with Crippen molar-refractivity contribution in [2.45, 2.75) is 0 Å². The monoisotopic (exact) mass is 340 g/mol. The molecule has 3 aromatic heterocycles. The maximum absolute atomic E-state index is 6.11. The molecule has 0 unspecified atom stereocenters. The van der Waals surface area contributed by atoms with Crippen molar-refractivity contribution < 1.29 is 4.74 Å². The molecular formula is C18H13ClN2OS. The quantitative estimate of drug-likeness (QED) is 0.525. The number of H-pyrrole nitrogens is 1. The molecule has 23 heavy (non-hydrogen) atoms. The van der Waals surface area contributed by atoms with Crippen LogP contribution in [0.15, 0.2) is 54.9 Å². The Morgan fingerprint density at radius 1 is 1.04 bits per heavy atom. The van der Waals surface area contributed by atoms with E-state index in [-0.39, 0.29) is 0 Å². The van der Waals surface area contributed by atoms with Gasteiger partial charge in [0.05, 0.1) is 11.4 Å². The minimum Gasteiger partial charge on any atom is -0.497 e. The van der Waals surface area contributed by atoms with Gasteiger partial charge < -0.3 is 9.72 Å².